The number of nitrogens with one attached hydrogen (secondary N) is 5. The van der Waals surface area contributed by atoms with Gasteiger partial charge in [0.05, 0.1) is 11.4 Å². The Balaban J connectivity index is 2.35. The van der Waals surface area contributed by atoms with E-state index in [1.165, 1.54) is 0 Å². The van der Waals surface area contributed by atoms with E-state index in [2.05, 4.69) is 47.0 Å². The number of hydrazone groups is 2. The van der Waals surface area contributed by atoms with Crippen LogP contribution < -0.4 is 26.8 Å². The van der Waals surface area contributed by atoms with Crippen molar-refractivity contribution in [1.82, 2.24) is 26.8 Å². The van der Waals surface area contributed by atoms with Gasteiger partial charge in [-0.1, -0.05) is 17.2 Å². The lowest BCUT2D eigenvalue weighted by Crippen LogP contribution is -2.38. The Labute approximate surface area is 179 Å². The Morgan fingerprint density at radius 2 is 1.55 bits per heavy atom. The minimum Gasteiger partial charge on any atom is -0.364 e. The van der Waals surface area contributed by atoms with E-state index in [4.69, 9.17) is 30.0 Å². The van der Waals surface area contributed by atoms with Crippen LogP contribution in [0.1, 0.15) is 24.2 Å². The van der Waals surface area contributed by atoms with Gasteiger partial charge in [-0.15, -0.1) is 0 Å². The van der Waals surface area contributed by atoms with Crippen molar-refractivity contribution in [3.8, 4) is 0 Å². The molecule has 5 N–H and O–H groups in total. The van der Waals surface area contributed by atoms with Gasteiger partial charge >= 0.3 is 0 Å². The molecule has 0 fully saturated rings. The molecule has 1 amide bonds. The van der Waals surface area contributed by atoms with Crippen molar-refractivity contribution >= 4 is 57.7 Å². The molecule has 154 valence electrons. The van der Waals surface area contributed by atoms with Crippen molar-refractivity contribution < 1.29 is 4.79 Å². The lowest BCUT2D eigenvalue weighted by molar-refractivity contribution is 0.0954. The quantitative estimate of drug-likeness (QED) is 0.0794. The molecule has 0 spiro atoms. The average molecular weight is 435 g/mol. The molecule has 1 aromatic carbocycles. The third-order valence-corrected chi connectivity index (χ3v) is 3.92. The third-order valence-electron chi connectivity index (χ3n) is 3.39. The van der Waals surface area contributed by atoms with E-state index in [0.717, 1.165) is 0 Å². The van der Waals surface area contributed by atoms with E-state index in [-0.39, 0.29) is 5.91 Å². The van der Waals surface area contributed by atoms with Crippen molar-refractivity contribution in [2.45, 2.75) is 13.8 Å². The molecule has 11 nitrogen and oxygen atoms in total. The maximum Gasteiger partial charge on any atom is 0.251 e. The van der Waals surface area contributed by atoms with Crippen LogP contribution in [0.15, 0.2) is 39.6 Å². The number of hydrogen-bond donors (Lipinski definition) is 5. The molecule has 0 aliphatic rings. The van der Waals surface area contributed by atoms with Gasteiger partial charge in [0.2, 0.25) is 0 Å². The number of carbonyl (C=O) groups is 1. The summed E-state index contributed by atoms with van der Waals surface area (Å²) in [5.74, 6) is -0.245. The number of thiocarbonyl (C=S) groups is 2. The maximum absolute atomic E-state index is 12.0. The monoisotopic (exact) mass is 434 g/mol. The van der Waals surface area contributed by atoms with Crippen molar-refractivity contribution in [2.75, 3.05) is 20.1 Å². The van der Waals surface area contributed by atoms with E-state index < -0.39 is 0 Å². The normalized spacial score (nSPS) is 11.0. The second kappa shape index (κ2) is 13.0. The van der Waals surface area contributed by atoms with Gasteiger partial charge in [-0.25, -0.2) is 0 Å². The van der Waals surface area contributed by atoms with Crippen molar-refractivity contribution in [3.05, 3.63) is 40.3 Å². The second-order valence-electron chi connectivity index (χ2n) is 5.45. The third kappa shape index (κ3) is 9.46. The van der Waals surface area contributed by atoms with Crippen LogP contribution >= 0.6 is 24.4 Å². The molecule has 13 heteroatoms. The second-order valence-corrected chi connectivity index (χ2v) is 6.26. The van der Waals surface area contributed by atoms with Gasteiger partial charge in [0.15, 0.2) is 10.2 Å². The number of rotatable bonds is 8. The van der Waals surface area contributed by atoms with Crippen LogP contribution in [0.5, 0.6) is 0 Å². The van der Waals surface area contributed by atoms with E-state index in [9.17, 15) is 4.79 Å². The largest absolute Gasteiger partial charge is 0.364 e. The molecule has 0 unspecified atom stereocenters. The van der Waals surface area contributed by atoms with Crippen LogP contribution in [-0.4, -0.2) is 47.7 Å². The van der Waals surface area contributed by atoms with E-state index >= 15 is 0 Å². The summed E-state index contributed by atoms with van der Waals surface area (Å²) in [6.07, 6.45) is 0. The molecule has 29 heavy (non-hydrogen) atoms. The molecule has 0 aliphatic carbocycles. The molecule has 1 aromatic rings. The number of carbonyl (C=O) groups excluding carboxylic acids is 1. The van der Waals surface area contributed by atoms with E-state index in [1.807, 2.05) is 0 Å². The fraction of sp³-hybridized carbons (Fsp3) is 0.312. The van der Waals surface area contributed by atoms with E-state index in [1.54, 1.807) is 45.2 Å². The van der Waals surface area contributed by atoms with E-state index in [0.29, 0.717) is 46.0 Å². The van der Waals surface area contributed by atoms with Gasteiger partial charge in [-0.3, -0.25) is 15.6 Å². The zero-order valence-corrected chi connectivity index (χ0v) is 17.8. The molecule has 0 saturated heterocycles. The molecular weight excluding hydrogens is 412 g/mol. The maximum atomic E-state index is 12.0. The topological polar surface area (TPSA) is 151 Å². The van der Waals surface area contributed by atoms with Crippen LogP contribution in [-0.2, 0) is 0 Å². The predicted molar refractivity (Wildman–Crippen MR) is 122 cm³/mol. The van der Waals surface area contributed by atoms with Gasteiger partial charge in [-0.05, 0) is 55.9 Å². The van der Waals surface area contributed by atoms with Crippen LogP contribution in [0, 0.1) is 0 Å². The van der Waals surface area contributed by atoms with Crippen LogP contribution in [0.25, 0.3) is 10.4 Å². The van der Waals surface area contributed by atoms with Crippen molar-refractivity contribution in [1.29, 1.82) is 0 Å². The Kier molecular flexibility index (Phi) is 10.6. The Bertz CT molecular complexity index is 844. The highest BCUT2D eigenvalue weighted by Crippen LogP contribution is 2.12. The molecule has 0 heterocycles. The van der Waals surface area contributed by atoms with Crippen LogP contribution in [0.4, 0.5) is 5.69 Å². The van der Waals surface area contributed by atoms with Gasteiger partial charge in [-0.2, -0.15) is 10.2 Å². The lowest BCUT2D eigenvalue weighted by Gasteiger charge is -2.09. The first-order chi connectivity index (χ1) is 13.9. The fourth-order valence-electron chi connectivity index (χ4n) is 1.71. The number of amides is 1. The molecule has 0 atom stereocenters. The average Bonchev–Trinajstić information content (AvgIpc) is 2.73. The van der Waals surface area contributed by atoms with Gasteiger partial charge in [0.25, 0.3) is 5.91 Å². The van der Waals surface area contributed by atoms with Gasteiger partial charge in [0.1, 0.15) is 0 Å². The lowest BCUT2D eigenvalue weighted by atomic mass is 10.2. The Morgan fingerprint density at radius 3 is 2.10 bits per heavy atom. The van der Waals surface area contributed by atoms with Crippen molar-refractivity contribution in [3.63, 3.8) is 0 Å². The minimum absolute atomic E-state index is 0.245. The summed E-state index contributed by atoms with van der Waals surface area (Å²) in [5.41, 5.74) is 15.9. The first-order valence-electron chi connectivity index (χ1n) is 8.41. The summed E-state index contributed by atoms with van der Waals surface area (Å²) in [6, 6.07) is 6.30. The number of hydrogen-bond acceptors (Lipinski definition) is 6. The Hall–Kier alpha value is -3.28. The highest BCUT2D eigenvalue weighted by Gasteiger charge is 2.04. The number of benzene rings is 1. The smallest absolute Gasteiger partial charge is 0.251 e. The molecule has 0 aromatic heterocycles. The first-order valence-corrected chi connectivity index (χ1v) is 9.23. The Morgan fingerprint density at radius 1 is 1.00 bits per heavy atom. The zero-order valence-electron chi connectivity index (χ0n) is 16.2. The molecule has 0 saturated carbocycles. The highest BCUT2D eigenvalue weighted by molar-refractivity contribution is 7.80. The molecule has 0 radical (unpaired) electrons. The summed E-state index contributed by atoms with van der Waals surface area (Å²) in [4.78, 5) is 14.7. The summed E-state index contributed by atoms with van der Waals surface area (Å²) < 4.78 is 0. The summed E-state index contributed by atoms with van der Waals surface area (Å²) in [5, 5.41) is 20.8. The first kappa shape index (κ1) is 23.8. The molecule has 0 bridgehead atoms. The number of azide groups is 1. The highest BCUT2D eigenvalue weighted by atomic mass is 32.1. The molecule has 1 rings (SSSR count). The predicted octanol–water partition coefficient (Wildman–Crippen LogP) is 1.67. The standard InChI is InChI=1S/C16H22N10OS2/c1-10(21-24-15(28)18-3)11(2)22-25-16(29)20-9-8-19-14(27)12-4-6-13(7-5-12)23-26-17/h4-7H,8-9H2,1-3H3,(H,19,27)(H2,18,24,28)(H2,20,25,29)/b21-10+,22-11+. The van der Waals surface area contributed by atoms with Crippen molar-refractivity contribution in [2.24, 2.45) is 15.3 Å². The summed E-state index contributed by atoms with van der Waals surface area (Å²) >= 11 is 10.1. The fourth-order valence-corrected chi connectivity index (χ4v) is 1.91. The van der Waals surface area contributed by atoms with Crippen LogP contribution in [0.2, 0.25) is 0 Å². The SMILES string of the molecule is CNC(=S)N/N=C(C)/C(C)=N/NC(=S)NCCNC(=O)c1ccc(N=[N+]=[N-])cc1. The minimum atomic E-state index is -0.245. The summed E-state index contributed by atoms with van der Waals surface area (Å²) in [6.45, 7) is 4.31. The number of nitrogens with zero attached hydrogens (tertiary/aromatic N) is 5. The molecule has 0 aliphatic heterocycles. The summed E-state index contributed by atoms with van der Waals surface area (Å²) in [7, 11) is 1.69. The molecular formula is C16H22N10OS2. The van der Waals surface area contributed by atoms with Crippen LogP contribution in [0.3, 0.4) is 0 Å². The zero-order chi connectivity index (χ0) is 21.6. The van der Waals surface area contributed by atoms with Gasteiger partial charge < -0.3 is 16.0 Å². The van der Waals surface area contributed by atoms with Gasteiger partial charge in [0, 0.05) is 36.3 Å².